The normalized spacial score (nSPS) is 17.6. The smallest absolute Gasteiger partial charge is 0.0961 e. The van der Waals surface area contributed by atoms with E-state index in [4.69, 9.17) is 5.73 Å². The number of nitrogens with two attached hydrogens (primary N) is 1. The second-order valence-corrected chi connectivity index (χ2v) is 4.42. The molecule has 4 N–H and O–H groups in total. The fourth-order valence-corrected chi connectivity index (χ4v) is 1.90. The molecule has 4 nitrogen and oxygen atoms in total. The fourth-order valence-electron chi connectivity index (χ4n) is 1.90. The molecule has 0 aromatic heterocycles. The summed E-state index contributed by atoms with van der Waals surface area (Å²) in [5, 5.41) is 6.34. The van der Waals surface area contributed by atoms with E-state index >= 15 is 0 Å². The van der Waals surface area contributed by atoms with Crippen molar-refractivity contribution in [3.8, 4) is 0 Å². The third-order valence-electron chi connectivity index (χ3n) is 2.99. The summed E-state index contributed by atoms with van der Waals surface area (Å²) in [6, 6.07) is 0. The summed E-state index contributed by atoms with van der Waals surface area (Å²) in [6.45, 7) is 6.97. The summed E-state index contributed by atoms with van der Waals surface area (Å²) in [7, 11) is 1.81. The highest BCUT2D eigenvalue weighted by Gasteiger charge is 2.10. The van der Waals surface area contributed by atoms with Crippen molar-refractivity contribution in [3.05, 3.63) is 47.1 Å². The van der Waals surface area contributed by atoms with Gasteiger partial charge in [-0.3, -0.25) is 4.99 Å². The highest BCUT2D eigenvalue weighted by molar-refractivity contribution is 6.14. The third-order valence-corrected chi connectivity index (χ3v) is 2.99. The van der Waals surface area contributed by atoms with Crippen molar-refractivity contribution in [2.24, 2.45) is 10.7 Å². The Morgan fingerprint density at radius 3 is 2.79 bits per heavy atom. The lowest BCUT2D eigenvalue weighted by Gasteiger charge is -2.15. The van der Waals surface area contributed by atoms with E-state index in [0.29, 0.717) is 5.82 Å². The molecular weight excluding hydrogens is 236 g/mol. The standard InChI is InChI=1S/C15H24N4/c1-5-6-14(16)19-12(3)11(2)15(17-4)13-7-9-18-10-8-13/h6-9,18-19H,5,10,16H2,1-4H3/b12-11+,14-6-,17-15+. The van der Waals surface area contributed by atoms with E-state index in [-0.39, 0.29) is 0 Å². The first-order valence-corrected chi connectivity index (χ1v) is 6.57. The van der Waals surface area contributed by atoms with Crippen molar-refractivity contribution in [2.45, 2.75) is 27.2 Å². The van der Waals surface area contributed by atoms with Crippen molar-refractivity contribution in [1.29, 1.82) is 0 Å². The molecule has 0 saturated heterocycles. The first kappa shape index (κ1) is 15.1. The third kappa shape index (κ3) is 4.32. The number of nitrogens with zero attached hydrogens (tertiary/aromatic N) is 1. The molecule has 0 radical (unpaired) electrons. The monoisotopic (exact) mass is 260 g/mol. The molecule has 0 saturated carbocycles. The van der Waals surface area contributed by atoms with Crippen molar-refractivity contribution < 1.29 is 0 Å². The largest absolute Gasteiger partial charge is 0.387 e. The minimum absolute atomic E-state index is 0.685. The summed E-state index contributed by atoms with van der Waals surface area (Å²) >= 11 is 0. The number of allylic oxidation sites excluding steroid dienone is 5. The summed E-state index contributed by atoms with van der Waals surface area (Å²) in [5.74, 6) is 0.685. The van der Waals surface area contributed by atoms with Gasteiger partial charge in [0.05, 0.1) is 11.5 Å². The number of aliphatic imine (C=N–C) groups is 1. The molecule has 0 aromatic rings. The summed E-state index contributed by atoms with van der Waals surface area (Å²) in [6.07, 6.45) is 8.99. The predicted molar refractivity (Wildman–Crippen MR) is 82.7 cm³/mol. The topological polar surface area (TPSA) is 62.4 Å². The van der Waals surface area contributed by atoms with Crippen LogP contribution in [0, 0.1) is 0 Å². The van der Waals surface area contributed by atoms with Gasteiger partial charge in [-0.1, -0.05) is 13.0 Å². The zero-order valence-electron chi connectivity index (χ0n) is 12.2. The van der Waals surface area contributed by atoms with E-state index in [1.165, 1.54) is 0 Å². The molecule has 1 heterocycles. The molecule has 0 unspecified atom stereocenters. The van der Waals surface area contributed by atoms with Gasteiger partial charge in [-0.05, 0) is 49.8 Å². The number of nitrogens with one attached hydrogen (secondary N) is 2. The van der Waals surface area contributed by atoms with Crippen LogP contribution in [-0.2, 0) is 0 Å². The number of hydrogen-bond donors (Lipinski definition) is 3. The predicted octanol–water partition coefficient (Wildman–Crippen LogP) is 2.19. The Bertz CT molecular complexity index is 465. The lowest BCUT2D eigenvalue weighted by Crippen LogP contribution is -2.22. The van der Waals surface area contributed by atoms with Crippen molar-refractivity contribution in [1.82, 2.24) is 10.6 Å². The molecule has 19 heavy (non-hydrogen) atoms. The van der Waals surface area contributed by atoms with Gasteiger partial charge in [0.2, 0.25) is 0 Å². The molecule has 1 aliphatic rings. The highest BCUT2D eigenvalue weighted by Crippen LogP contribution is 2.14. The maximum absolute atomic E-state index is 5.88. The van der Waals surface area contributed by atoms with Crippen molar-refractivity contribution in [3.63, 3.8) is 0 Å². The first-order chi connectivity index (χ1) is 9.10. The van der Waals surface area contributed by atoms with Crippen LogP contribution in [0.15, 0.2) is 52.1 Å². The number of dihydropyridines is 1. The number of hydrogen-bond acceptors (Lipinski definition) is 4. The van der Waals surface area contributed by atoms with E-state index in [9.17, 15) is 0 Å². The second-order valence-electron chi connectivity index (χ2n) is 4.42. The molecule has 0 aliphatic carbocycles. The minimum atomic E-state index is 0.685. The van der Waals surface area contributed by atoms with Crippen LogP contribution in [-0.4, -0.2) is 19.3 Å². The molecule has 0 spiro atoms. The van der Waals surface area contributed by atoms with Gasteiger partial charge in [0.15, 0.2) is 0 Å². The zero-order valence-corrected chi connectivity index (χ0v) is 12.2. The Kier molecular flexibility index (Phi) is 5.93. The van der Waals surface area contributed by atoms with Gasteiger partial charge in [-0.25, -0.2) is 0 Å². The molecule has 0 fully saturated rings. The Morgan fingerprint density at radius 1 is 1.53 bits per heavy atom. The Labute approximate surface area is 115 Å². The maximum atomic E-state index is 5.88. The average Bonchev–Trinajstić information content (AvgIpc) is 2.40. The minimum Gasteiger partial charge on any atom is -0.387 e. The van der Waals surface area contributed by atoms with Crippen LogP contribution in [0.1, 0.15) is 27.2 Å². The van der Waals surface area contributed by atoms with Crippen molar-refractivity contribution in [2.75, 3.05) is 13.6 Å². The van der Waals surface area contributed by atoms with Crippen LogP contribution in [0.2, 0.25) is 0 Å². The molecule has 1 aliphatic heterocycles. The molecule has 1 rings (SSSR count). The van der Waals surface area contributed by atoms with Gasteiger partial charge >= 0.3 is 0 Å². The Morgan fingerprint density at radius 2 is 2.26 bits per heavy atom. The molecule has 0 amide bonds. The van der Waals surface area contributed by atoms with Crippen molar-refractivity contribution >= 4 is 5.71 Å². The van der Waals surface area contributed by atoms with Crippen LogP contribution >= 0.6 is 0 Å². The molecular formula is C15H24N4. The fraction of sp³-hybridized carbons (Fsp3) is 0.400. The number of rotatable bonds is 5. The van der Waals surface area contributed by atoms with Gasteiger partial charge in [-0.15, -0.1) is 0 Å². The van der Waals surface area contributed by atoms with Crippen LogP contribution in [0.4, 0.5) is 0 Å². The highest BCUT2D eigenvalue weighted by atomic mass is 15.0. The van der Waals surface area contributed by atoms with Crippen LogP contribution in [0.5, 0.6) is 0 Å². The summed E-state index contributed by atoms with van der Waals surface area (Å²) < 4.78 is 0. The van der Waals surface area contributed by atoms with E-state index in [1.807, 2.05) is 32.3 Å². The van der Waals surface area contributed by atoms with Crippen LogP contribution in [0.3, 0.4) is 0 Å². The summed E-state index contributed by atoms with van der Waals surface area (Å²) in [5.41, 5.74) is 10.1. The van der Waals surface area contributed by atoms with Gasteiger partial charge in [0, 0.05) is 19.3 Å². The lowest BCUT2D eigenvalue weighted by molar-refractivity contribution is 0.917. The molecule has 104 valence electrons. The average molecular weight is 260 g/mol. The van der Waals surface area contributed by atoms with Gasteiger partial charge < -0.3 is 16.4 Å². The lowest BCUT2D eigenvalue weighted by atomic mass is 10.0. The van der Waals surface area contributed by atoms with E-state index in [2.05, 4.69) is 35.5 Å². The molecule has 0 atom stereocenters. The Balaban J connectivity index is 2.94. The summed E-state index contributed by atoms with van der Waals surface area (Å²) in [4.78, 5) is 4.40. The first-order valence-electron chi connectivity index (χ1n) is 6.57. The second kappa shape index (κ2) is 7.46. The quantitative estimate of drug-likeness (QED) is 0.664. The van der Waals surface area contributed by atoms with Crippen LogP contribution < -0.4 is 16.4 Å². The van der Waals surface area contributed by atoms with Gasteiger partial charge in [0.25, 0.3) is 0 Å². The van der Waals surface area contributed by atoms with E-state index < -0.39 is 0 Å². The van der Waals surface area contributed by atoms with E-state index in [0.717, 1.165) is 35.5 Å². The maximum Gasteiger partial charge on any atom is 0.0961 e. The Hall–Kier alpha value is -1.97. The molecule has 4 heteroatoms. The van der Waals surface area contributed by atoms with E-state index in [1.54, 1.807) is 0 Å². The van der Waals surface area contributed by atoms with Gasteiger partial charge in [-0.2, -0.15) is 0 Å². The van der Waals surface area contributed by atoms with Gasteiger partial charge in [0.1, 0.15) is 0 Å². The SMILES string of the molecule is CC/C=C(/N)N/C(C)=C(C)/C(=N\C)C1=CCNC=C1. The van der Waals surface area contributed by atoms with Crippen LogP contribution in [0.25, 0.3) is 0 Å². The molecule has 0 aromatic carbocycles. The zero-order chi connectivity index (χ0) is 14.3. The molecule has 0 bridgehead atoms.